The molecule has 0 spiro atoms. The predicted molar refractivity (Wildman–Crippen MR) is 61.7 cm³/mol. The van der Waals surface area contributed by atoms with E-state index in [4.69, 9.17) is 5.11 Å². The Balaban J connectivity index is 2.26. The number of aromatic amines is 1. The number of rotatable bonds is 6. The number of nitrogens with zero attached hydrogens (tertiary/aromatic N) is 1. The topological polar surface area (TPSA) is 127 Å². The van der Waals surface area contributed by atoms with E-state index in [-0.39, 0.29) is 13.1 Å². The summed E-state index contributed by atoms with van der Waals surface area (Å²) in [7, 11) is 0. The van der Waals surface area contributed by atoms with Gasteiger partial charge in [-0.05, 0) is 6.92 Å². The summed E-state index contributed by atoms with van der Waals surface area (Å²) in [4.78, 5) is 28.4. The Hall–Kier alpha value is -2.09. The maximum absolute atomic E-state index is 11.4. The summed E-state index contributed by atoms with van der Waals surface area (Å²) in [6, 6.07) is -0.490. The highest BCUT2D eigenvalue weighted by molar-refractivity contribution is 5.74. The van der Waals surface area contributed by atoms with Crippen molar-refractivity contribution in [2.45, 2.75) is 25.5 Å². The second-order valence-corrected chi connectivity index (χ2v) is 4.18. The van der Waals surface area contributed by atoms with Crippen molar-refractivity contribution in [3.05, 3.63) is 18.2 Å². The van der Waals surface area contributed by atoms with Crippen LogP contribution >= 0.6 is 0 Å². The minimum absolute atomic E-state index is 0.145. The Morgan fingerprint density at radius 2 is 2.22 bits per heavy atom. The predicted octanol–water partition coefficient (Wildman–Crippen LogP) is -0.565. The van der Waals surface area contributed by atoms with E-state index in [0.717, 1.165) is 5.69 Å². The van der Waals surface area contributed by atoms with Crippen LogP contribution in [0.2, 0.25) is 0 Å². The third-order valence-corrected chi connectivity index (χ3v) is 2.16. The number of H-pyrrole nitrogens is 1. The van der Waals surface area contributed by atoms with E-state index >= 15 is 0 Å². The normalized spacial score (nSPS) is 13.7. The van der Waals surface area contributed by atoms with Crippen molar-refractivity contribution in [1.29, 1.82) is 0 Å². The van der Waals surface area contributed by atoms with Gasteiger partial charge in [-0.2, -0.15) is 0 Å². The second kappa shape index (κ2) is 6.01. The van der Waals surface area contributed by atoms with E-state index in [1.54, 1.807) is 6.20 Å². The number of carboxylic acid groups (broad SMARTS) is 1. The first-order valence-electron chi connectivity index (χ1n) is 5.32. The fourth-order valence-electron chi connectivity index (χ4n) is 1.28. The smallest absolute Gasteiger partial charge is 0.315 e. The van der Waals surface area contributed by atoms with E-state index in [0.29, 0.717) is 0 Å². The van der Waals surface area contributed by atoms with Crippen LogP contribution in [0.3, 0.4) is 0 Å². The van der Waals surface area contributed by atoms with Crippen LogP contribution in [0, 0.1) is 0 Å². The van der Waals surface area contributed by atoms with Crippen molar-refractivity contribution < 1.29 is 19.8 Å². The van der Waals surface area contributed by atoms with Gasteiger partial charge in [-0.1, -0.05) is 0 Å². The average Bonchev–Trinajstić information content (AvgIpc) is 2.74. The first-order valence-corrected chi connectivity index (χ1v) is 5.32. The molecule has 1 unspecified atom stereocenters. The highest BCUT2D eigenvalue weighted by Crippen LogP contribution is 2.07. The number of amides is 2. The molecule has 1 rings (SSSR count). The van der Waals surface area contributed by atoms with Gasteiger partial charge in [0.2, 0.25) is 0 Å². The fourth-order valence-corrected chi connectivity index (χ4v) is 1.28. The van der Waals surface area contributed by atoms with Crippen molar-refractivity contribution in [3.63, 3.8) is 0 Å². The maximum atomic E-state index is 11.4. The maximum Gasteiger partial charge on any atom is 0.315 e. The molecule has 5 N–H and O–H groups in total. The van der Waals surface area contributed by atoms with Gasteiger partial charge in [-0.25, -0.2) is 9.78 Å². The zero-order valence-corrected chi connectivity index (χ0v) is 9.93. The Bertz CT molecular complexity index is 402. The van der Waals surface area contributed by atoms with E-state index in [2.05, 4.69) is 20.6 Å². The number of hydrogen-bond donors (Lipinski definition) is 5. The third kappa shape index (κ3) is 5.30. The molecule has 8 nitrogen and oxygen atoms in total. The van der Waals surface area contributed by atoms with Crippen molar-refractivity contribution in [2.24, 2.45) is 0 Å². The van der Waals surface area contributed by atoms with Crippen LogP contribution in [-0.2, 0) is 11.3 Å². The molecule has 1 heterocycles. The molecule has 0 aliphatic rings. The molecular formula is C10H16N4O4. The highest BCUT2D eigenvalue weighted by atomic mass is 16.4. The highest BCUT2D eigenvalue weighted by Gasteiger charge is 2.24. The number of carboxylic acids is 1. The van der Waals surface area contributed by atoms with Gasteiger partial charge in [0.25, 0.3) is 0 Å². The fraction of sp³-hybridized carbons (Fsp3) is 0.500. The molecule has 0 saturated carbocycles. The number of aromatic nitrogens is 2. The molecule has 18 heavy (non-hydrogen) atoms. The van der Waals surface area contributed by atoms with Gasteiger partial charge < -0.3 is 25.8 Å². The molecule has 0 bridgehead atoms. The molecule has 0 aliphatic heterocycles. The van der Waals surface area contributed by atoms with Crippen LogP contribution in [0.25, 0.3) is 0 Å². The van der Waals surface area contributed by atoms with Crippen LogP contribution in [0.1, 0.15) is 19.0 Å². The van der Waals surface area contributed by atoms with Gasteiger partial charge in [0.05, 0.1) is 30.6 Å². The van der Waals surface area contributed by atoms with E-state index in [1.165, 1.54) is 13.3 Å². The van der Waals surface area contributed by atoms with E-state index in [1.807, 2.05) is 0 Å². The number of carbonyl (C=O) groups excluding carboxylic acids is 1. The van der Waals surface area contributed by atoms with Crippen LogP contribution < -0.4 is 10.6 Å². The number of hydrogen-bond acceptors (Lipinski definition) is 4. The van der Waals surface area contributed by atoms with Gasteiger partial charge in [0, 0.05) is 12.7 Å². The second-order valence-electron chi connectivity index (χ2n) is 4.18. The standard InChI is InChI=1S/C10H16N4O4/c1-10(18,2-8(15)16)5-13-9(17)12-4-7-3-11-6-14-7/h3,6,18H,2,4-5H2,1H3,(H,11,14)(H,15,16)(H2,12,13,17). The van der Waals surface area contributed by atoms with Crippen molar-refractivity contribution in [3.8, 4) is 0 Å². The first kappa shape index (κ1) is 14.0. The summed E-state index contributed by atoms with van der Waals surface area (Å²) in [6.07, 6.45) is 2.63. The molecule has 1 aromatic rings. The van der Waals surface area contributed by atoms with E-state index < -0.39 is 24.0 Å². The molecule has 0 fully saturated rings. The van der Waals surface area contributed by atoms with Crippen molar-refractivity contribution >= 4 is 12.0 Å². The van der Waals surface area contributed by atoms with Gasteiger partial charge in [0.1, 0.15) is 0 Å². The number of aliphatic hydroxyl groups is 1. The molecular weight excluding hydrogens is 240 g/mol. The quantitative estimate of drug-likeness (QED) is 0.466. The first-order chi connectivity index (χ1) is 8.39. The monoisotopic (exact) mass is 256 g/mol. The number of carbonyl (C=O) groups is 2. The number of urea groups is 1. The lowest BCUT2D eigenvalue weighted by Crippen LogP contribution is -2.45. The van der Waals surface area contributed by atoms with Crippen LogP contribution in [-0.4, -0.2) is 44.3 Å². The van der Waals surface area contributed by atoms with Crippen LogP contribution in [0.4, 0.5) is 4.79 Å². The number of aliphatic carboxylic acids is 1. The van der Waals surface area contributed by atoms with Crippen molar-refractivity contribution in [2.75, 3.05) is 6.54 Å². The molecule has 8 heteroatoms. The summed E-state index contributed by atoms with van der Waals surface area (Å²) in [5.41, 5.74) is -0.737. The average molecular weight is 256 g/mol. The lowest BCUT2D eigenvalue weighted by molar-refractivity contribution is -0.141. The summed E-state index contributed by atoms with van der Waals surface area (Å²) < 4.78 is 0. The molecule has 1 aromatic heterocycles. The van der Waals surface area contributed by atoms with E-state index in [9.17, 15) is 14.7 Å². The molecule has 0 aromatic carbocycles. The molecule has 2 amide bonds. The largest absolute Gasteiger partial charge is 0.481 e. The molecule has 0 saturated heterocycles. The molecule has 0 aliphatic carbocycles. The van der Waals surface area contributed by atoms with Crippen molar-refractivity contribution in [1.82, 2.24) is 20.6 Å². The molecule has 0 radical (unpaired) electrons. The zero-order valence-electron chi connectivity index (χ0n) is 9.93. The Kier molecular flexibility index (Phi) is 4.67. The zero-order chi connectivity index (χ0) is 13.6. The minimum Gasteiger partial charge on any atom is -0.481 e. The lowest BCUT2D eigenvalue weighted by Gasteiger charge is -2.21. The Labute approximate surface area is 103 Å². The number of nitrogens with one attached hydrogen (secondary N) is 3. The molecule has 1 atom stereocenters. The lowest BCUT2D eigenvalue weighted by atomic mass is 10.0. The summed E-state index contributed by atoms with van der Waals surface area (Å²) >= 11 is 0. The third-order valence-electron chi connectivity index (χ3n) is 2.16. The SMILES string of the molecule is CC(O)(CNC(=O)NCc1cnc[nH]1)CC(=O)O. The van der Waals surface area contributed by atoms with Crippen LogP contribution in [0.5, 0.6) is 0 Å². The molecule has 100 valence electrons. The van der Waals surface area contributed by atoms with Gasteiger partial charge >= 0.3 is 12.0 Å². The minimum atomic E-state index is -1.48. The Morgan fingerprint density at radius 1 is 1.50 bits per heavy atom. The number of imidazole rings is 1. The van der Waals surface area contributed by atoms with Crippen LogP contribution in [0.15, 0.2) is 12.5 Å². The van der Waals surface area contributed by atoms with Gasteiger partial charge in [-0.3, -0.25) is 4.79 Å². The Morgan fingerprint density at radius 3 is 2.78 bits per heavy atom. The van der Waals surface area contributed by atoms with Gasteiger partial charge in [0.15, 0.2) is 0 Å². The summed E-state index contributed by atoms with van der Waals surface area (Å²) in [5.74, 6) is -1.13. The van der Waals surface area contributed by atoms with Gasteiger partial charge in [-0.15, -0.1) is 0 Å². The summed E-state index contributed by atoms with van der Waals surface area (Å²) in [5, 5.41) is 23.1. The summed E-state index contributed by atoms with van der Waals surface area (Å²) in [6.45, 7) is 1.47.